The molecular weight excluding hydrogens is 438 g/mol. The van der Waals surface area contributed by atoms with Gasteiger partial charge in [-0.25, -0.2) is 9.59 Å². The summed E-state index contributed by atoms with van der Waals surface area (Å²) in [5, 5.41) is 19.8. The average molecular weight is 470 g/mol. The molecule has 2 aromatic rings. The third-order valence-electron chi connectivity index (χ3n) is 3.58. The molecule has 0 aliphatic rings. The molecule has 0 heterocycles. The number of hydrogen-bond acceptors (Lipinski definition) is 7. The zero-order chi connectivity index (χ0) is 25.9. The Morgan fingerprint density at radius 3 is 2.00 bits per heavy atom. The topological polar surface area (TPSA) is 122 Å². The molecule has 0 aliphatic carbocycles. The van der Waals surface area contributed by atoms with E-state index >= 15 is 0 Å². The van der Waals surface area contributed by atoms with Crippen molar-refractivity contribution in [1.82, 2.24) is 0 Å². The fraction of sp³-hybridized carbons (Fsp3) is 0.192. The third kappa shape index (κ3) is 14.8. The van der Waals surface area contributed by atoms with Crippen molar-refractivity contribution in [1.29, 1.82) is 0 Å². The van der Waals surface area contributed by atoms with Gasteiger partial charge in [0, 0.05) is 22.9 Å². The third-order valence-corrected chi connectivity index (χ3v) is 3.58. The summed E-state index contributed by atoms with van der Waals surface area (Å²) in [4.78, 5) is 32.2. The summed E-state index contributed by atoms with van der Waals surface area (Å²) in [6, 6.07) is 15.8. The normalized spacial score (nSPS) is 9.03. The van der Waals surface area contributed by atoms with Gasteiger partial charge in [0.2, 0.25) is 0 Å². The van der Waals surface area contributed by atoms with Crippen molar-refractivity contribution in [3.63, 3.8) is 0 Å². The predicted molar refractivity (Wildman–Crippen MR) is 131 cm³/mol. The van der Waals surface area contributed by atoms with E-state index in [-0.39, 0.29) is 30.8 Å². The maximum Gasteiger partial charge on any atom is 0.333 e. The van der Waals surface area contributed by atoms with E-state index in [9.17, 15) is 14.4 Å². The first-order valence-electron chi connectivity index (χ1n) is 10.1. The Balaban J connectivity index is 0.000000490. The predicted octanol–water partition coefficient (Wildman–Crippen LogP) is 3.92. The lowest BCUT2D eigenvalue weighted by Gasteiger charge is -2.03. The highest BCUT2D eigenvalue weighted by Crippen LogP contribution is 2.14. The molecule has 1 amide bonds. The van der Waals surface area contributed by atoms with Crippen molar-refractivity contribution in [2.45, 2.75) is 20.5 Å². The fourth-order valence-electron chi connectivity index (χ4n) is 1.83. The number of esters is 2. The zero-order valence-electron chi connectivity index (χ0n) is 19.5. The van der Waals surface area contributed by atoms with Crippen LogP contribution in [0.1, 0.15) is 19.4 Å². The summed E-state index contributed by atoms with van der Waals surface area (Å²) in [7, 11) is 0. The van der Waals surface area contributed by atoms with Gasteiger partial charge in [0.25, 0.3) is 5.91 Å². The number of carbonyl (C=O) groups is 3. The molecule has 0 aromatic heterocycles. The smallest absolute Gasteiger partial charge is 0.333 e. The Bertz CT molecular complexity index is 951. The van der Waals surface area contributed by atoms with Crippen LogP contribution >= 0.6 is 0 Å². The van der Waals surface area contributed by atoms with Crippen LogP contribution in [0.5, 0.6) is 5.75 Å². The minimum atomic E-state index is -0.455. The number of ether oxygens (including phenoxy) is 2. The molecule has 34 heavy (non-hydrogen) atoms. The Hall–Kier alpha value is -4.17. The average Bonchev–Trinajstić information content (AvgIpc) is 2.83. The molecule has 8 nitrogen and oxygen atoms in total. The van der Waals surface area contributed by atoms with Gasteiger partial charge in [-0.2, -0.15) is 0 Å². The summed E-state index contributed by atoms with van der Waals surface area (Å²) in [5.41, 5.74) is 2.43. The fourth-order valence-corrected chi connectivity index (χ4v) is 1.83. The largest absolute Gasteiger partial charge is 0.508 e. The highest BCUT2D eigenvalue weighted by atomic mass is 16.5. The Morgan fingerprint density at radius 1 is 0.941 bits per heavy atom. The maximum absolute atomic E-state index is 11.1. The molecule has 0 bridgehead atoms. The Kier molecular flexibility index (Phi) is 15.3. The summed E-state index contributed by atoms with van der Waals surface area (Å²) in [6.45, 7) is 13.6. The van der Waals surface area contributed by atoms with E-state index < -0.39 is 5.97 Å². The second kappa shape index (κ2) is 17.4. The minimum Gasteiger partial charge on any atom is -0.508 e. The van der Waals surface area contributed by atoms with Crippen LogP contribution in [0.25, 0.3) is 0 Å². The molecule has 8 heteroatoms. The highest BCUT2D eigenvalue weighted by Gasteiger charge is 2.01. The number of benzene rings is 2. The summed E-state index contributed by atoms with van der Waals surface area (Å²) in [5.74, 6) is -0.887. The van der Waals surface area contributed by atoms with Crippen LogP contribution in [0.4, 0.5) is 5.69 Å². The second-order valence-electron chi connectivity index (χ2n) is 6.72. The van der Waals surface area contributed by atoms with E-state index in [0.29, 0.717) is 23.4 Å². The zero-order valence-corrected chi connectivity index (χ0v) is 19.5. The molecule has 182 valence electrons. The molecule has 3 N–H and O–H groups in total. The molecule has 0 atom stereocenters. The van der Waals surface area contributed by atoms with Gasteiger partial charge in [-0.1, -0.05) is 50.1 Å². The van der Waals surface area contributed by atoms with Crippen LogP contribution in [-0.4, -0.2) is 41.3 Å². The Labute approximate surface area is 199 Å². The SMILES string of the molecule is C=C(C)C(=O)Nc1ccc(O)cc1.C=C(C)C(=O)OCCO.C=CC(=O)OCc1ccccc1. The van der Waals surface area contributed by atoms with E-state index in [4.69, 9.17) is 14.9 Å². The number of rotatable bonds is 8. The minimum absolute atomic E-state index is 0.0473. The van der Waals surface area contributed by atoms with Crippen molar-refractivity contribution < 1.29 is 34.1 Å². The van der Waals surface area contributed by atoms with Crippen LogP contribution in [0, 0.1) is 0 Å². The van der Waals surface area contributed by atoms with Crippen LogP contribution in [0.2, 0.25) is 0 Å². The number of aromatic hydroxyl groups is 1. The first-order valence-corrected chi connectivity index (χ1v) is 10.1. The lowest BCUT2D eigenvalue weighted by Crippen LogP contribution is -2.11. The van der Waals surface area contributed by atoms with Crippen molar-refractivity contribution in [2.75, 3.05) is 18.5 Å². The van der Waals surface area contributed by atoms with E-state index in [2.05, 4.69) is 29.8 Å². The summed E-state index contributed by atoms with van der Waals surface area (Å²) >= 11 is 0. The number of phenols is 1. The van der Waals surface area contributed by atoms with Gasteiger partial charge >= 0.3 is 11.9 Å². The molecule has 2 aromatic carbocycles. The molecule has 0 saturated heterocycles. The number of aliphatic hydroxyl groups excluding tert-OH is 1. The van der Waals surface area contributed by atoms with Crippen LogP contribution in [0.3, 0.4) is 0 Å². The molecule has 0 radical (unpaired) electrons. The number of amides is 1. The van der Waals surface area contributed by atoms with Gasteiger partial charge < -0.3 is 25.0 Å². The van der Waals surface area contributed by atoms with E-state index in [0.717, 1.165) is 11.6 Å². The van der Waals surface area contributed by atoms with Crippen molar-refractivity contribution in [3.05, 3.63) is 97.1 Å². The summed E-state index contributed by atoms with van der Waals surface area (Å²) < 4.78 is 9.28. The van der Waals surface area contributed by atoms with Gasteiger partial charge in [-0.05, 0) is 43.7 Å². The Morgan fingerprint density at radius 2 is 1.53 bits per heavy atom. The van der Waals surface area contributed by atoms with Gasteiger partial charge in [-0.3, -0.25) is 4.79 Å². The first kappa shape index (κ1) is 29.8. The van der Waals surface area contributed by atoms with E-state index in [1.807, 2.05) is 30.3 Å². The highest BCUT2D eigenvalue weighted by molar-refractivity contribution is 6.02. The molecule has 2 rings (SSSR count). The van der Waals surface area contributed by atoms with Gasteiger partial charge in [-0.15, -0.1) is 0 Å². The molecule has 0 aliphatic heterocycles. The number of carbonyl (C=O) groups excluding carboxylic acids is 3. The van der Waals surface area contributed by atoms with Crippen LogP contribution in [0.15, 0.2) is 91.6 Å². The number of aliphatic hydroxyl groups is 1. The lowest BCUT2D eigenvalue weighted by molar-refractivity contribution is -0.140. The molecule has 0 saturated carbocycles. The number of hydrogen-bond donors (Lipinski definition) is 3. The van der Waals surface area contributed by atoms with Crippen molar-refractivity contribution >= 4 is 23.5 Å². The van der Waals surface area contributed by atoms with Crippen LogP contribution in [-0.2, 0) is 30.5 Å². The summed E-state index contributed by atoms with van der Waals surface area (Å²) in [6.07, 6.45) is 1.16. The monoisotopic (exact) mass is 469 g/mol. The van der Waals surface area contributed by atoms with Gasteiger partial charge in [0.15, 0.2) is 0 Å². The standard InChI is InChI=1S/C10H11NO2.C10H10O2.C6H10O3/c1-7(2)10(13)11-8-3-5-9(12)6-4-8;1-2-10(11)12-8-9-6-4-3-5-7-9;1-5(2)6(8)9-4-3-7/h3-6,12H,1H2,2H3,(H,11,13);2-7H,1,8H2;7H,1,3-4H2,2H3. The lowest BCUT2D eigenvalue weighted by atomic mass is 10.2. The van der Waals surface area contributed by atoms with E-state index in [1.165, 1.54) is 12.1 Å². The van der Waals surface area contributed by atoms with Gasteiger partial charge in [0.1, 0.15) is 19.0 Å². The van der Waals surface area contributed by atoms with Crippen molar-refractivity contribution in [3.8, 4) is 5.75 Å². The second-order valence-corrected chi connectivity index (χ2v) is 6.72. The molecule has 0 spiro atoms. The van der Waals surface area contributed by atoms with Crippen molar-refractivity contribution in [2.24, 2.45) is 0 Å². The molecule has 0 unspecified atom stereocenters. The number of nitrogens with one attached hydrogen (secondary N) is 1. The molecule has 0 fully saturated rings. The van der Waals surface area contributed by atoms with E-state index in [1.54, 1.807) is 26.0 Å². The molecular formula is C26H31NO7. The maximum atomic E-state index is 11.1. The first-order chi connectivity index (χ1) is 16.1. The quantitative estimate of drug-likeness (QED) is 0.304. The number of phenolic OH excluding ortho intramolecular Hbond substituents is 1. The van der Waals surface area contributed by atoms with Gasteiger partial charge in [0.05, 0.1) is 6.61 Å². The van der Waals surface area contributed by atoms with Crippen LogP contribution < -0.4 is 5.32 Å². The number of anilines is 1.